The average molecular weight is 430 g/mol. The number of phenols is 1. The zero-order valence-electron chi connectivity index (χ0n) is 15.1. The van der Waals surface area contributed by atoms with E-state index < -0.39 is 12.1 Å². The average Bonchev–Trinajstić information content (AvgIpc) is 3.13. The molecule has 0 bridgehead atoms. The molecule has 7 nitrogen and oxygen atoms in total. The van der Waals surface area contributed by atoms with E-state index in [0.717, 1.165) is 38.1 Å². The van der Waals surface area contributed by atoms with Crippen molar-refractivity contribution in [2.75, 3.05) is 18.4 Å². The Morgan fingerprint density at radius 3 is 2.76 bits per heavy atom. The summed E-state index contributed by atoms with van der Waals surface area (Å²) < 4.78 is 42.7. The normalized spacial score (nSPS) is 17.0. The van der Waals surface area contributed by atoms with Gasteiger partial charge in [-0.3, -0.25) is 4.40 Å². The summed E-state index contributed by atoms with van der Waals surface area (Å²) in [4.78, 5) is 0. The third kappa shape index (κ3) is 4.65. The lowest BCUT2D eigenvalue weighted by atomic mass is 10.1. The topological polar surface area (TPSA) is 83.7 Å². The zero-order valence-corrected chi connectivity index (χ0v) is 15.9. The largest absolute Gasteiger partial charge is 0.573 e. The summed E-state index contributed by atoms with van der Waals surface area (Å²) >= 11 is 0. The predicted octanol–water partition coefficient (Wildman–Crippen LogP) is 3.59. The first kappa shape index (κ1) is 21.0. The number of anilines is 1. The van der Waals surface area contributed by atoms with Gasteiger partial charge in [-0.25, -0.2) is 0 Å². The summed E-state index contributed by atoms with van der Waals surface area (Å²) in [7, 11) is 0. The Morgan fingerprint density at radius 1 is 1.24 bits per heavy atom. The second kappa shape index (κ2) is 8.34. The van der Waals surface area contributed by atoms with Gasteiger partial charge in [0.2, 0.25) is 5.95 Å². The van der Waals surface area contributed by atoms with Crippen LogP contribution in [0.1, 0.15) is 12.8 Å². The Balaban J connectivity index is 0.00000240. The first-order valence-electron chi connectivity index (χ1n) is 8.81. The van der Waals surface area contributed by atoms with Crippen molar-refractivity contribution in [3.05, 3.63) is 36.5 Å². The van der Waals surface area contributed by atoms with E-state index in [9.17, 15) is 18.3 Å². The fourth-order valence-electron chi connectivity index (χ4n) is 3.31. The van der Waals surface area contributed by atoms with Crippen molar-refractivity contribution >= 4 is 23.9 Å². The number of ether oxygens (including phenoxy) is 1. The minimum absolute atomic E-state index is 0. The van der Waals surface area contributed by atoms with Crippen molar-refractivity contribution in [2.24, 2.45) is 0 Å². The van der Waals surface area contributed by atoms with Crippen LogP contribution < -0.4 is 15.4 Å². The highest BCUT2D eigenvalue weighted by Gasteiger charge is 2.31. The maximum Gasteiger partial charge on any atom is 0.573 e. The summed E-state index contributed by atoms with van der Waals surface area (Å²) in [6.07, 6.45) is -0.937. The van der Waals surface area contributed by atoms with Crippen LogP contribution in [0.2, 0.25) is 0 Å². The van der Waals surface area contributed by atoms with E-state index in [2.05, 4.69) is 25.6 Å². The van der Waals surface area contributed by atoms with Crippen molar-refractivity contribution < 1.29 is 23.0 Å². The molecule has 1 aromatic carbocycles. The second-order valence-electron chi connectivity index (χ2n) is 6.55. The molecule has 3 N–H and O–H groups in total. The molecule has 0 saturated carbocycles. The summed E-state index contributed by atoms with van der Waals surface area (Å²) in [5.74, 6) is -0.318. The number of nitrogens with zero attached hydrogens (tertiary/aromatic N) is 3. The van der Waals surface area contributed by atoms with Crippen molar-refractivity contribution in [3.8, 4) is 22.8 Å². The third-order valence-electron chi connectivity index (χ3n) is 4.55. The van der Waals surface area contributed by atoms with Crippen LogP contribution >= 0.6 is 12.4 Å². The molecule has 1 saturated heterocycles. The molecule has 0 radical (unpaired) electrons. The number of aromatic hydroxyl groups is 1. The Hall–Kier alpha value is -2.72. The molecule has 0 amide bonds. The van der Waals surface area contributed by atoms with E-state index >= 15 is 0 Å². The summed E-state index contributed by atoms with van der Waals surface area (Å²) in [6, 6.07) is 7.20. The van der Waals surface area contributed by atoms with Crippen molar-refractivity contribution in [2.45, 2.75) is 25.2 Å². The van der Waals surface area contributed by atoms with Crippen molar-refractivity contribution in [1.82, 2.24) is 19.9 Å². The van der Waals surface area contributed by atoms with E-state index in [1.165, 1.54) is 6.07 Å². The van der Waals surface area contributed by atoms with Gasteiger partial charge in [-0.05, 0) is 43.7 Å². The van der Waals surface area contributed by atoms with Crippen LogP contribution in [0.15, 0.2) is 36.5 Å². The number of hydrogen-bond donors (Lipinski definition) is 3. The minimum Gasteiger partial charge on any atom is -0.507 e. The highest BCUT2D eigenvalue weighted by Crippen LogP contribution is 2.35. The molecule has 0 aliphatic carbocycles. The number of fused-ring (bicyclic) bond motifs is 1. The smallest absolute Gasteiger partial charge is 0.507 e. The lowest BCUT2D eigenvalue weighted by molar-refractivity contribution is -0.274. The quantitative estimate of drug-likeness (QED) is 0.588. The first-order chi connectivity index (χ1) is 13.4. The van der Waals surface area contributed by atoms with Gasteiger partial charge in [0.25, 0.3) is 0 Å². The molecule has 3 aromatic rings. The number of hydrogen-bond acceptors (Lipinski definition) is 6. The summed E-state index contributed by atoms with van der Waals surface area (Å²) in [6.45, 7) is 1.82. The molecule has 0 spiro atoms. The van der Waals surface area contributed by atoms with Crippen LogP contribution in [-0.2, 0) is 0 Å². The molecule has 29 heavy (non-hydrogen) atoms. The molecule has 1 aliphatic heterocycles. The molecule has 0 unspecified atom stereocenters. The van der Waals surface area contributed by atoms with Crippen LogP contribution in [0, 0.1) is 0 Å². The number of halogens is 4. The molecule has 1 fully saturated rings. The molecule has 1 aliphatic rings. The second-order valence-corrected chi connectivity index (χ2v) is 6.55. The van der Waals surface area contributed by atoms with Gasteiger partial charge < -0.3 is 20.5 Å². The maximum absolute atomic E-state index is 12.4. The summed E-state index contributed by atoms with van der Waals surface area (Å²) in [5, 5.41) is 25.3. The predicted molar refractivity (Wildman–Crippen MR) is 104 cm³/mol. The van der Waals surface area contributed by atoms with E-state index in [4.69, 9.17) is 0 Å². The van der Waals surface area contributed by atoms with Gasteiger partial charge in [0.15, 0.2) is 0 Å². The van der Waals surface area contributed by atoms with Gasteiger partial charge in [-0.1, -0.05) is 0 Å². The number of aromatic nitrogens is 3. The Labute approximate surface area is 170 Å². The van der Waals surface area contributed by atoms with E-state index in [1.54, 1.807) is 10.5 Å². The number of rotatable bonds is 4. The zero-order chi connectivity index (χ0) is 19.7. The molecular formula is C18H19ClF3N5O2. The lowest BCUT2D eigenvalue weighted by Crippen LogP contribution is -2.39. The van der Waals surface area contributed by atoms with Gasteiger partial charge in [0, 0.05) is 30.4 Å². The first-order valence-corrected chi connectivity index (χ1v) is 8.81. The molecule has 11 heteroatoms. The molecule has 4 rings (SSSR count). The molecule has 3 heterocycles. The van der Waals surface area contributed by atoms with Gasteiger partial charge in [0.1, 0.15) is 17.2 Å². The fourth-order valence-corrected chi connectivity index (χ4v) is 3.31. The van der Waals surface area contributed by atoms with E-state index in [1.807, 2.05) is 12.3 Å². The number of benzene rings is 1. The Morgan fingerprint density at radius 2 is 2.07 bits per heavy atom. The molecule has 2 aromatic heterocycles. The van der Waals surface area contributed by atoms with Crippen molar-refractivity contribution in [1.29, 1.82) is 0 Å². The Kier molecular flexibility index (Phi) is 6.04. The van der Waals surface area contributed by atoms with Crippen LogP contribution in [0.25, 0.3) is 16.8 Å². The minimum atomic E-state index is -4.83. The lowest BCUT2D eigenvalue weighted by Gasteiger charge is -2.24. The molecular weight excluding hydrogens is 411 g/mol. The fraction of sp³-hybridized carbons (Fsp3) is 0.333. The Bertz CT molecular complexity index is 989. The molecule has 156 valence electrons. The van der Waals surface area contributed by atoms with Crippen LogP contribution in [-0.4, -0.2) is 45.2 Å². The number of phenolic OH excluding ortho intramolecular Hbond substituents is 1. The highest BCUT2D eigenvalue weighted by molar-refractivity contribution is 5.85. The SMILES string of the molecule is Cl.Oc1cc(OC(F)(F)F)ccc1-c1nnc(N[C@@H]2CCCNC2)n2cccc12. The van der Waals surface area contributed by atoms with Gasteiger partial charge in [0.05, 0.1) is 5.52 Å². The number of alkyl halides is 3. The summed E-state index contributed by atoms with van der Waals surface area (Å²) in [5.41, 5.74) is 1.28. The highest BCUT2D eigenvalue weighted by atomic mass is 35.5. The van der Waals surface area contributed by atoms with E-state index in [-0.39, 0.29) is 29.8 Å². The van der Waals surface area contributed by atoms with Gasteiger partial charge in [-0.2, -0.15) is 0 Å². The number of nitrogens with one attached hydrogen (secondary N) is 2. The third-order valence-corrected chi connectivity index (χ3v) is 4.55. The van der Waals surface area contributed by atoms with Crippen LogP contribution in [0.3, 0.4) is 0 Å². The standard InChI is InChI=1S/C18H18F3N5O2.ClH/c19-18(20,21)28-12-5-6-13(15(27)9-12)16-14-4-2-8-26(14)17(25-24-16)23-11-3-1-7-22-10-11;/h2,4-6,8-9,11,22,27H,1,3,7,10H2,(H,23,25);1H/t11-;/m1./s1. The van der Waals surface area contributed by atoms with E-state index in [0.29, 0.717) is 17.2 Å². The maximum atomic E-state index is 12.4. The van der Waals surface area contributed by atoms with Crippen LogP contribution in [0.4, 0.5) is 19.1 Å². The van der Waals surface area contributed by atoms with Crippen molar-refractivity contribution in [3.63, 3.8) is 0 Å². The molecule has 1 atom stereocenters. The van der Waals surface area contributed by atoms with Gasteiger partial charge in [-0.15, -0.1) is 35.8 Å². The van der Waals surface area contributed by atoms with Crippen LogP contribution in [0.5, 0.6) is 11.5 Å². The monoisotopic (exact) mass is 429 g/mol. The number of piperidine rings is 1. The van der Waals surface area contributed by atoms with Gasteiger partial charge >= 0.3 is 6.36 Å².